The quantitative estimate of drug-likeness (QED) is 0.0432. The Morgan fingerprint density at radius 3 is 1.09 bits per heavy atom. The highest BCUT2D eigenvalue weighted by molar-refractivity contribution is 6.10. The van der Waals surface area contributed by atoms with Crippen LogP contribution >= 0.6 is 0 Å². The van der Waals surface area contributed by atoms with E-state index in [1.165, 1.54) is 122 Å². The van der Waals surface area contributed by atoms with Crippen LogP contribution in [0.15, 0.2) is 266 Å². The summed E-state index contributed by atoms with van der Waals surface area (Å²) in [4.78, 5) is 5.10. The third kappa shape index (κ3) is 10.3. The van der Waals surface area contributed by atoms with Crippen LogP contribution in [0.25, 0.3) is 43.1 Å². The molecule has 6 nitrogen and oxygen atoms in total. The van der Waals surface area contributed by atoms with Crippen molar-refractivity contribution < 1.29 is 18.6 Å². The maximum absolute atomic E-state index is 6.14. The Kier molecular flexibility index (Phi) is 16.3. The Labute approximate surface area is 544 Å². The summed E-state index contributed by atoms with van der Waals surface area (Å²) < 4.78 is 17.2. The maximum atomic E-state index is 6.14. The lowest BCUT2D eigenvalue weighted by molar-refractivity contribution is -0.401. The van der Waals surface area contributed by atoms with Crippen molar-refractivity contribution in [2.24, 2.45) is 0 Å². The van der Waals surface area contributed by atoms with Crippen LogP contribution in [0, 0.1) is 0 Å². The molecule has 0 saturated carbocycles. The summed E-state index contributed by atoms with van der Waals surface area (Å²) in [5.74, 6) is 0. The molecule has 92 heavy (non-hydrogen) atoms. The van der Waals surface area contributed by atoms with Crippen molar-refractivity contribution in [2.45, 2.75) is 88.9 Å². The number of nitrogens with zero attached hydrogens (tertiary/aromatic N) is 4. The van der Waals surface area contributed by atoms with Gasteiger partial charge in [-0.15, -0.1) is 0 Å². The fourth-order valence-electron chi connectivity index (χ4n) is 16.8. The molecule has 460 valence electrons. The van der Waals surface area contributed by atoms with Gasteiger partial charge in [-0.3, -0.25) is 0 Å². The molecule has 14 rings (SSSR count). The zero-order valence-corrected chi connectivity index (χ0v) is 54.9. The number of allylic oxidation sites excluding steroid dienone is 10. The lowest BCUT2D eigenvalue weighted by Crippen LogP contribution is -2.33. The molecule has 0 fully saturated rings. The van der Waals surface area contributed by atoms with Crippen molar-refractivity contribution in [3.63, 3.8) is 0 Å². The average molecular weight is 1210 g/mol. The van der Waals surface area contributed by atoms with Crippen molar-refractivity contribution in [2.75, 3.05) is 63.4 Å². The highest BCUT2D eigenvalue weighted by Gasteiger charge is 2.51. The molecule has 0 saturated heterocycles. The monoisotopic (exact) mass is 1210 g/mol. The zero-order chi connectivity index (χ0) is 63.2. The fraction of sp³-hybridized carbons (Fsp3) is 0.256. The van der Waals surface area contributed by atoms with Crippen LogP contribution in [0.4, 0.5) is 22.7 Å². The molecule has 4 aliphatic rings. The lowest BCUT2D eigenvalue weighted by Gasteiger charge is -2.31. The van der Waals surface area contributed by atoms with Gasteiger partial charge in [-0.05, 0) is 169 Å². The van der Waals surface area contributed by atoms with Crippen LogP contribution in [0.2, 0.25) is 0 Å². The van der Waals surface area contributed by atoms with Gasteiger partial charge in [0.1, 0.15) is 14.1 Å². The SMILES string of the molecule is CCOCCN1/C(=C/C=C/C2=[N+](C)c3ccc4ccccc4c3C2(C)CC=CCC2(C)C(/C=C/C=C3/N(CCOCC)c4ccc5ccccc5c4C3(C)Cc3ccccc3)=[N+](C)c3ccc4ccccc4c32)C(C)(Cc2ccccc2)c2c1ccc1ccccc21. The van der Waals surface area contributed by atoms with Crippen LogP contribution in [-0.2, 0) is 44.0 Å². The third-order valence-electron chi connectivity index (χ3n) is 21.1. The average Bonchev–Trinajstić information content (AvgIpc) is 1.59. The third-order valence-corrected chi connectivity index (χ3v) is 21.1. The molecule has 4 aliphatic heterocycles. The molecule has 4 atom stereocenters. The molecule has 6 heteroatoms. The molecule has 10 aromatic rings. The van der Waals surface area contributed by atoms with Crippen molar-refractivity contribution in [1.82, 2.24) is 0 Å². The van der Waals surface area contributed by atoms with Gasteiger partial charge in [0, 0.05) is 95.3 Å². The summed E-state index contributed by atoms with van der Waals surface area (Å²) >= 11 is 0. The Hall–Kier alpha value is -9.20. The topological polar surface area (TPSA) is 31.0 Å². The van der Waals surface area contributed by atoms with Crippen molar-refractivity contribution in [3.05, 3.63) is 300 Å². The second-order valence-electron chi connectivity index (χ2n) is 26.7. The van der Waals surface area contributed by atoms with E-state index in [4.69, 9.17) is 9.47 Å². The first kappa shape index (κ1) is 60.4. The molecular formula is C86H86N4O2+2. The molecule has 0 N–H and O–H groups in total. The predicted octanol–water partition coefficient (Wildman–Crippen LogP) is 19.3. The van der Waals surface area contributed by atoms with Crippen molar-refractivity contribution in [3.8, 4) is 0 Å². The van der Waals surface area contributed by atoms with Crippen LogP contribution < -0.4 is 9.80 Å². The fourth-order valence-corrected chi connectivity index (χ4v) is 16.8. The van der Waals surface area contributed by atoms with Crippen LogP contribution in [0.5, 0.6) is 0 Å². The standard InChI is InChI=1S/C86H86N4O2/c1-9-91-57-55-89-73-51-47-65-35-19-23-39-69(65)81(73)85(5,59-61-29-13-11-14-30-61)77(89)43-27-41-75-83(3,79-67-37-21-17-33-63(67)45-49-71(79)87(75)7)53-25-26-54-84(4)76(88(8)72-50-46-64-34-18-22-38-68(64)80(72)84)42-28-44-78-86(6,60-62-31-15-12-16-32-62)82-70-40-24-20-36-66(70)48-52-74(82)90(78)56-58-92-10-2/h11-52H,9-10,53-60H2,1-8H3/q+2. The Balaban J connectivity index is 0.846. The molecular weight excluding hydrogens is 1120 g/mol. The van der Waals surface area contributed by atoms with E-state index in [0.29, 0.717) is 26.4 Å². The molecule has 0 spiro atoms. The van der Waals surface area contributed by atoms with Gasteiger partial charge in [-0.2, -0.15) is 9.15 Å². The van der Waals surface area contributed by atoms with Crippen LogP contribution in [0.1, 0.15) is 87.8 Å². The molecule has 4 heterocycles. The smallest absolute Gasteiger partial charge is 0.210 e. The summed E-state index contributed by atoms with van der Waals surface area (Å²) in [5, 5.41) is 10.3. The van der Waals surface area contributed by atoms with Crippen molar-refractivity contribution in [1.29, 1.82) is 0 Å². The first-order chi connectivity index (χ1) is 44.9. The highest BCUT2D eigenvalue weighted by Crippen LogP contribution is 2.55. The molecule has 10 aromatic carbocycles. The molecule has 0 amide bonds. The molecule has 0 aliphatic carbocycles. The summed E-state index contributed by atoms with van der Waals surface area (Å²) in [6.45, 7) is 18.2. The molecule has 0 aromatic heterocycles. The zero-order valence-electron chi connectivity index (χ0n) is 54.9. The van der Waals surface area contributed by atoms with Crippen LogP contribution in [-0.4, -0.2) is 74.2 Å². The molecule has 4 unspecified atom stereocenters. The van der Waals surface area contributed by atoms with Gasteiger partial charge in [-0.25, -0.2) is 0 Å². The minimum Gasteiger partial charge on any atom is -0.380 e. The first-order valence-corrected chi connectivity index (χ1v) is 33.4. The van der Waals surface area contributed by atoms with E-state index in [1.807, 2.05) is 0 Å². The minimum absolute atomic E-state index is 0.327. The Bertz CT molecular complexity index is 4420. The van der Waals surface area contributed by atoms with Gasteiger partial charge < -0.3 is 19.3 Å². The number of hydrogen-bond acceptors (Lipinski definition) is 4. The summed E-state index contributed by atoms with van der Waals surface area (Å²) in [7, 11) is 4.55. The number of rotatable bonds is 20. The summed E-state index contributed by atoms with van der Waals surface area (Å²) in [6.07, 6.45) is 22.8. The predicted molar refractivity (Wildman–Crippen MR) is 388 cm³/mol. The largest absolute Gasteiger partial charge is 0.380 e. The van der Waals surface area contributed by atoms with Gasteiger partial charge in [0.25, 0.3) is 0 Å². The number of hydrogen-bond donors (Lipinski definition) is 0. The van der Waals surface area contributed by atoms with Crippen molar-refractivity contribution >= 4 is 77.3 Å². The minimum atomic E-state index is -0.367. The van der Waals surface area contributed by atoms with E-state index >= 15 is 0 Å². The highest BCUT2D eigenvalue weighted by atomic mass is 16.5. The maximum Gasteiger partial charge on any atom is 0.210 e. The van der Waals surface area contributed by atoms with Gasteiger partial charge in [-0.1, -0.05) is 194 Å². The lowest BCUT2D eigenvalue weighted by atomic mass is 9.72. The van der Waals surface area contributed by atoms with E-state index in [0.717, 1.165) is 38.8 Å². The van der Waals surface area contributed by atoms with E-state index in [9.17, 15) is 0 Å². The Morgan fingerprint density at radius 1 is 0.380 bits per heavy atom. The van der Waals surface area contributed by atoms with E-state index in [-0.39, 0.29) is 21.7 Å². The first-order valence-electron chi connectivity index (χ1n) is 33.4. The van der Waals surface area contributed by atoms with E-state index < -0.39 is 0 Å². The molecule has 0 radical (unpaired) electrons. The Morgan fingerprint density at radius 2 is 0.717 bits per heavy atom. The number of fused-ring (bicyclic) bond motifs is 12. The number of ether oxygens (including phenoxy) is 2. The summed E-state index contributed by atoms with van der Waals surface area (Å²) in [5.41, 5.74) is 17.0. The van der Waals surface area contributed by atoms with Gasteiger partial charge >= 0.3 is 0 Å². The van der Waals surface area contributed by atoms with Crippen LogP contribution in [0.3, 0.4) is 0 Å². The van der Waals surface area contributed by atoms with Gasteiger partial charge in [0.05, 0.1) is 24.0 Å². The van der Waals surface area contributed by atoms with Gasteiger partial charge in [0.15, 0.2) is 11.4 Å². The normalized spacial score (nSPS) is 22.0. The van der Waals surface area contributed by atoms with Gasteiger partial charge in [0.2, 0.25) is 11.4 Å². The van der Waals surface area contributed by atoms with E-state index in [1.54, 1.807) is 0 Å². The second-order valence-corrected chi connectivity index (χ2v) is 26.7. The number of benzene rings is 10. The van der Waals surface area contributed by atoms with E-state index in [2.05, 4.69) is 329 Å². The molecule has 0 bridgehead atoms. The summed E-state index contributed by atoms with van der Waals surface area (Å²) in [6, 6.07) is 76.5. The number of anilines is 2. The second kappa shape index (κ2) is 24.8.